The first-order valence-electron chi connectivity index (χ1n) is 26.2. The van der Waals surface area contributed by atoms with Gasteiger partial charge in [-0.15, -0.1) is 0 Å². The third kappa shape index (κ3) is 19.4. The third-order valence-electron chi connectivity index (χ3n) is 15.2. The Morgan fingerprint density at radius 3 is 1.52 bits per heavy atom. The molecule has 5 saturated heterocycles. The van der Waals surface area contributed by atoms with Crippen molar-refractivity contribution in [3.8, 4) is 0 Å². The Balaban J connectivity index is 1.23. The van der Waals surface area contributed by atoms with Gasteiger partial charge in [0.15, 0.2) is 31.1 Å². The van der Waals surface area contributed by atoms with Crippen LogP contribution in [0.3, 0.4) is 0 Å². The number of aliphatic carboxylic acids is 2. The molecule has 0 spiro atoms. The average Bonchev–Trinajstić information content (AvgIpc) is 1.29. The van der Waals surface area contributed by atoms with Crippen molar-refractivity contribution in [3.63, 3.8) is 0 Å². The molecule has 0 amide bonds. The van der Waals surface area contributed by atoms with Crippen LogP contribution in [0.5, 0.6) is 0 Å². The van der Waals surface area contributed by atoms with Crippen molar-refractivity contribution in [2.75, 3.05) is 52.9 Å². The van der Waals surface area contributed by atoms with Crippen molar-refractivity contribution in [1.29, 1.82) is 0 Å². The van der Waals surface area contributed by atoms with Crippen LogP contribution in [0.4, 0.5) is 0 Å². The number of carboxylic acids is 2. The molecule has 41 nitrogen and oxygen atoms in total. The van der Waals surface area contributed by atoms with E-state index in [1.165, 1.54) is 13.8 Å². The largest absolute Gasteiger partial charge is 0.479 e. The second-order valence-electron chi connectivity index (χ2n) is 21.1. The number of ether oxygens (including phenoxy) is 11. The predicted molar refractivity (Wildman–Crippen MR) is 269 cm³/mol. The van der Waals surface area contributed by atoms with Crippen molar-refractivity contribution in [3.05, 3.63) is 11.8 Å². The minimum Gasteiger partial charge on any atom is -0.479 e. The monoisotopic (exact) mass is 1370 g/mol. The first-order valence-corrected chi connectivity index (χ1v) is 31.6. The van der Waals surface area contributed by atoms with Crippen molar-refractivity contribution in [2.45, 2.75) is 162 Å². The molecule has 0 radical (unpaired) electrons. The van der Waals surface area contributed by atoms with Crippen LogP contribution >= 0.6 is 0 Å². The molecule has 0 aliphatic carbocycles. The summed E-state index contributed by atoms with van der Waals surface area (Å²) in [5.74, 6) is -11.8. The lowest BCUT2D eigenvalue weighted by atomic mass is 9.79. The summed E-state index contributed by atoms with van der Waals surface area (Å²) in [5.41, 5.74) is 0. The first kappa shape index (κ1) is 74.2. The van der Waals surface area contributed by atoms with Crippen molar-refractivity contribution >= 4 is 53.5 Å². The molecule has 6 rings (SSSR count). The van der Waals surface area contributed by atoms with Gasteiger partial charge in [0.1, 0.15) is 61.0 Å². The molecule has 88 heavy (non-hydrogen) atoms. The van der Waals surface area contributed by atoms with E-state index in [1.807, 2.05) is 0 Å². The Morgan fingerprint density at radius 1 is 0.443 bits per heavy atom. The Hall–Kier alpha value is -2.84. The molecule has 0 saturated carbocycles. The van der Waals surface area contributed by atoms with Gasteiger partial charge >= 0.3 is 53.5 Å². The number of carbonyl (C=O) groups is 2. The molecule has 18 unspecified atom stereocenters. The maximum Gasteiger partial charge on any atom is 0.397 e. The molecule has 28 atom stereocenters. The van der Waals surface area contributed by atoms with Crippen LogP contribution in [-0.2, 0) is 120 Å². The minimum absolute atomic E-state index is 0.631. The Labute approximate surface area is 499 Å². The molecule has 0 aromatic carbocycles. The summed E-state index contributed by atoms with van der Waals surface area (Å²) in [5, 5.41) is 130. The highest BCUT2D eigenvalue weighted by molar-refractivity contribution is 7.81. The van der Waals surface area contributed by atoms with Crippen LogP contribution in [0.2, 0.25) is 0 Å². The molecule has 6 aliphatic heterocycles. The maximum absolute atomic E-state index is 12.6. The molecule has 6 heterocycles. The fourth-order valence-corrected chi connectivity index (χ4v) is 12.5. The normalized spacial score (nSPS) is 42.3. The van der Waals surface area contributed by atoms with E-state index in [-0.39, 0.29) is 0 Å². The van der Waals surface area contributed by atoms with Crippen LogP contribution in [0.25, 0.3) is 0 Å². The molecule has 0 aromatic rings. The van der Waals surface area contributed by atoms with Gasteiger partial charge in [0, 0.05) is 29.6 Å². The lowest BCUT2D eigenvalue weighted by Gasteiger charge is -2.47. The zero-order chi connectivity index (χ0) is 65.9. The van der Waals surface area contributed by atoms with Gasteiger partial charge in [-0.05, 0) is 26.8 Å². The van der Waals surface area contributed by atoms with E-state index in [9.17, 15) is 123 Å². The lowest BCUT2D eigenvalue weighted by Crippen LogP contribution is -2.61. The second-order valence-corrected chi connectivity index (χ2v) is 25.3. The van der Waals surface area contributed by atoms with Gasteiger partial charge in [-0.25, -0.2) is 26.3 Å². The molecule has 45 heteroatoms. The standard InChI is InChI=1S/C43H70O41S4/c1-13-16(18(28(48)25(76-13)12-75-85(58,59)60)9-73-42-33(53)35(83-87(64,65)66)26(46)14(2)77-42)7-71-40-30(50)20(29(49)36(81-40)39(56)57)6-70-11-24-17(8-72-41-31(51)21(45)4-22(80-41)38(54)55)19(27(47)23(5-44)79-24)10-74-43-37(84-88(67,68)69)32(52)34(15(3)78-43)82-86(61,62)63/h4,13-21,23-37,40-53H,5-12H2,1-3H3,(H,54,55)(H,56,57)(H,58,59,60)(H,61,62,63)(H,64,65,66)(H,67,68,69)/t13?,14?,15?,16?,17?,18?,19?,20?,21?,23?,24-,25?,26-,27+,28+,29+,30?,31?,32?,33?,34-,35?,36?,37?,40-,41-,42-,43-/m1/s1. The number of hydrogen-bond acceptors (Lipinski definition) is 35. The highest BCUT2D eigenvalue weighted by Gasteiger charge is 2.55. The number of carboxylic acid groups (broad SMARTS) is 2. The van der Waals surface area contributed by atoms with Crippen LogP contribution in [0.15, 0.2) is 11.8 Å². The average molecular weight is 1370 g/mol. The molecular weight excluding hydrogens is 1300 g/mol. The minimum atomic E-state index is -5.58. The first-order chi connectivity index (χ1) is 40.7. The summed E-state index contributed by atoms with van der Waals surface area (Å²) >= 11 is 0. The highest BCUT2D eigenvalue weighted by atomic mass is 32.3. The van der Waals surface area contributed by atoms with E-state index in [1.54, 1.807) is 0 Å². The van der Waals surface area contributed by atoms with E-state index in [0.29, 0.717) is 6.08 Å². The van der Waals surface area contributed by atoms with E-state index in [4.69, 9.17) is 52.1 Å². The number of aliphatic hydroxyl groups is 10. The summed E-state index contributed by atoms with van der Waals surface area (Å²) in [4.78, 5) is 24.4. The Morgan fingerprint density at radius 2 is 0.955 bits per heavy atom. The highest BCUT2D eigenvalue weighted by Crippen LogP contribution is 2.39. The zero-order valence-electron chi connectivity index (χ0n) is 45.9. The molecule has 0 bridgehead atoms. The molecule has 6 aliphatic rings. The molecule has 512 valence electrons. The molecule has 5 fully saturated rings. The van der Waals surface area contributed by atoms with Crippen molar-refractivity contribution in [1.82, 2.24) is 0 Å². The molecular formula is C43H70O41S4. The van der Waals surface area contributed by atoms with Gasteiger partial charge in [0.25, 0.3) is 0 Å². The molecule has 16 N–H and O–H groups in total. The lowest BCUT2D eigenvalue weighted by molar-refractivity contribution is -0.308. The summed E-state index contributed by atoms with van der Waals surface area (Å²) in [6.45, 7) is -3.38. The zero-order valence-corrected chi connectivity index (χ0v) is 49.2. The van der Waals surface area contributed by atoms with Gasteiger partial charge in [0.05, 0.1) is 95.6 Å². The topological polar surface area (TPSA) is 633 Å². The van der Waals surface area contributed by atoms with Crippen molar-refractivity contribution in [2.24, 2.45) is 29.6 Å². The SMILES string of the molecule is CC1OC(COS(=O)(=O)O)[C@@H](O)C(CO[C@@H]2OC(C)[C@@H](O)C(OS(=O)(=O)O)C2O)C1CO[C@@H]1OC(C(=O)O)[C@@H](O)C(COC[C@H]2OC(CO)[C@@H](O)C(CO[C@@H]3OC(C)[C@@H](OS(=O)(=O)O)C(O)C3OS(=O)(=O)O)C2CO[C@@H]2OC(C(=O)O)=CC(O)C2O)C1O. The quantitative estimate of drug-likeness (QED) is 0.0324. The van der Waals surface area contributed by atoms with Crippen LogP contribution in [0.1, 0.15) is 20.8 Å². The fourth-order valence-electron chi connectivity index (χ4n) is 10.6. The second kappa shape index (κ2) is 30.5. The van der Waals surface area contributed by atoms with Gasteiger partial charge in [-0.2, -0.15) is 33.7 Å². The third-order valence-corrected chi connectivity index (χ3v) is 17.0. The van der Waals surface area contributed by atoms with E-state index in [0.717, 1.165) is 6.92 Å². The maximum atomic E-state index is 12.6. The predicted octanol–water partition coefficient (Wildman–Crippen LogP) is -9.05. The summed E-state index contributed by atoms with van der Waals surface area (Å²) < 4.78 is 211. The van der Waals surface area contributed by atoms with Crippen LogP contribution in [0, 0.1) is 29.6 Å². The summed E-state index contributed by atoms with van der Waals surface area (Å²) in [7, 11) is -21.4. The fraction of sp³-hybridized carbons (Fsp3) is 0.907. The Bertz CT molecular complexity index is 2810. The van der Waals surface area contributed by atoms with Gasteiger partial charge in [-0.1, -0.05) is 0 Å². The van der Waals surface area contributed by atoms with Gasteiger partial charge in [0.2, 0.25) is 12.0 Å². The van der Waals surface area contributed by atoms with Crippen LogP contribution in [-0.4, -0.2) is 319 Å². The van der Waals surface area contributed by atoms with E-state index < -0.39 is 283 Å². The summed E-state index contributed by atoms with van der Waals surface area (Å²) in [6.07, 6.45) is -43.7. The Kier molecular flexibility index (Phi) is 25.7. The van der Waals surface area contributed by atoms with Gasteiger partial charge in [-0.3, -0.25) is 18.2 Å². The molecule has 0 aromatic heterocycles. The number of hydrogen-bond donors (Lipinski definition) is 16. The van der Waals surface area contributed by atoms with Crippen LogP contribution < -0.4 is 0 Å². The van der Waals surface area contributed by atoms with Gasteiger partial charge < -0.3 is 113 Å². The number of rotatable bonds is 28. The van der Waals surface area contributed by atoms with E-state index in [2.05, 4.69) is 16.7 Å². The van der Waals surface area contributed by atoms with E-state index >= 15 is 0 Å². The number of aliphatic hydroxyl groups excluding tert-OH is 10. The summed E-state index contributed by atoms with van der Waals surface area (Å²) in [6, 6.07) is 0. The smallest absolute Gasteiger partial charge is 0.397 e. The van der Waals surface area contributed by atoms with Crippen molar-refractivity contribution < 1.29 is 192 Å².